The molecule has 0 aromatic rings. The van der Waals surface area contributed by atoms with Crippen LogP contribution >= 0.6 is 0 Å². The van der Waals surface area contributed by atoms with Crippen molar-refractivity contribution in [1.82, 2.24) is 0 Å². The first-order valence-corrected chi connectivity index (χ1v) is 5.52. The Morgan fingerprint density at radius 1 is 1.12 bits per heavy atom. The quantitative estimate of drug-likeness (QED) is 0.434. The second-order valence-electron chi connectivity index (χ2n) is 4.18. The third-order valence-electron chi connectivity index (χ3n) is 3.09. The molecule has 0 saturated carbocycles. The average Bonchev–Trinajstić information content (AvgIpc) is 2.28. The lowest BCUT2D eigenvalue weighted by Gasteiger charge is -2.28. The summed E-state index contributed by atoms with van der Waals surface area (Å²) in [7, 11) is 0. The summed E-state index contributed by atoms with van der Waals surface area (Å²) in [4.78, 5) is 0. The Morgan fingerprint density at radius 2 is 1.59 bits per heavy atom. The molecule has 4 heteroatoms. The van der Waals surface area contributed by atoms with E-state index in [0.29, 0.717) is 18.9 Å². The molecule has 0 aliphatic rings. The van der Waals surface area contributed by atoms with Crippen LogP contribution in [0.15, 0.2) is 35.5 Å². The van der Waals surface area contributed by atoms with Crippen LogP contribution in [0.2, 0.25) is 0 Å². The zero-order chi connectivity index (χ0) is 13.6. The Morgan fingerprint density at radius 3 is 1.88 bits per heavy atom. The van der Waals surface area contributed by atoms with Crippen molar-refractivity contribution in [3.63, 3.8) is 0 Å². The van der Waals surface area contributed by atoms with Crippen LogP contribution in [0.1, 0.15) is 40.5 Å². The molecule has 0 saturated heterocycles. The van der Waals surface area contributed by atoms with Crippen LogP contribution in [0.3, 0.4) is 0 Å². The molecule has 0 heterocycles. The zero-order valence-corrected chi connectivity index (χ0v) is 10.6. The number of rotatable bonds is 5. The molecule has 0 aliphatic carbocycles. The molecule has 0 atom stereocenters. The van der Waals surface area contributed by atoms with Crippen LogP contribution in [0.4, 0.5) is 17.6 Å². The van der Waals surface area contributed by atoms with Crippen LogP contribution in [-0.4, -0.2) is 0 Å². The first-order chi connectivity index (χ1) is 7.82. The highest BCUT2D eigenvalue weighted by molar-refractivity contribution is 5.36. The Labute approximate surface area is 99.7 Å². The van der Waals surface area contributed by atoms with Crippen LogP contribution in [0.5, 0.6) is 0 Å². The molecule has 0 nitrogen and oxygen atoms in total. The third-order valence-corrected chi connectivity index (χ3v) is 3.09. The summed E-state index contributed by atoms with van der Waals surface area (Å²) in [5, 5.41) is 0. The summed E-state index contributed by atoms with van der Waals surface area (Å²) in [6, 6.07) is 0. The lowest BCUT2D eigenvalue weighted by Crippen LogP contribution is -2.18. The van der Waals surface area contributed by atoms with Crippen molar-refractivity contribution in [1.29, 1.82) is 0 Å². The van der Waals surface area contributed by atoms with E-state index in [4.69, 9.17) is 0 Å². The van der Waals surface area contributed by atoms with Crippen LogP contribution < -0.4 is 0 Å². The van der Waals surface area contributed by atoms with Gasteiger partial charge in [-0.25, -0.2) is 17.6 Å². The molecule has 0 spiro atoms. The van der Waals surface area contributed by atoms with E-state index >= 15 is 0 Å². The zero-order valence-electron chi connectivity index (χ0n) is 10.6. The van der Waals surface area contributed by atoms with Gasteiger partial charge in [0.25, 0.3) is 0 Å². The predicted octanol–water partition coefficient (Wildman–Crippen LogP) is 5.69. The van der Waals surface area contributed by atoms with Crippen molar-refractivity contribution in [3.05, 3.63) is 35.5 Å². The van der Waals surface area contributed by atoms with Gasteiger partial charge in [-0.15, -0.1) is 0 Å². The lowest BCUT2D eigenvalue weighted by molar-refractivity contribution is 0.346. The molecule has 98 valence electrons. The van der Waals surface area contributed by atoms with Crippen LogP contribution in [0, 0.1) is 5.41 Å². The Hall–Kier alpha value is -1.06. The van der Waals surface area contributed by atoms with Gasteiger partial charge in [-0.3, -0.25) is 0 Å². The highest BCUT2D eigenvalue weighted by atomic mass is 19.2. The summed E-state index contributed by atoms with van der Waals surface area (Å²) in [5.74, 6) is -3.59. The van der Waals surface area contributed by atoms with Crippen molar-refractivity contribution in [2.24, 2.45) is 5.41 Å². The van der Waals surface area contributed by atoms with Crippen molar-refractivity contribution in [2.75, 3.05) is 0 Å². The van der Waals surface area contributed by atoms with Crippen molar-refractivity contribution in [2.45, 2.75) is 40.5 Å². The van der Waals surface area contributed by atoms with E-state index in [9.17, 15) is 17.6 Å². The molecule has 0 N–H and O–H groups in total. The van der Waals surface area contributed by atoms with Gasteiger partial charge in [0, 0.05) is 11.6 Å². The molecule has 0 rings (SSSR count). The normalized spacial score (nSPS) is 16.0. The number of hydrogen-bond acceptors (Lipinski definition) is 0. The van der Waals surface area contributed by atoms with Gasteiger partial charge < -0.3 is 0 Å². The van der Waals surface area contributed by atoms with Crippen molar-refractivity contribution >= 4 is 0 Å². The maximum Gasteiger partial charge on any atom is 0.164 e. The van der Waals surface area contributed by atoms with Gasteiger partial charge in [-0.1, -0.05) is 20.8 Å². The Kier molecular flexibility index (Phi) is 6.21. The van der Waals surface area contributed by atoms with Gasteiger partial charge in [0.05, 0.1) is 12.2 Å². The van der Waals surface area contributed by atoms with E-state index in [0.717, 1.165) is 6.92 Å². The minimum atomic E-state index is -1.39. The molecule has 0 unspecified atom stereocenters. The number of halogens is 4. The Bertz CT molecular complexity index is 342. The fraction of sp³-hybridized carbons (Fsp3) is 0.538. The minimum absolute atomic E-state index is 0.0588. The molecule has 0 amide bonds. The molecular weight excluding hydrogens is 232 g/mol. The molecular formula is C13H18F4. The number of hydrogen-bond donors (Lipinski definition) is 0. The first-order valence-electron chi connectivity index (χ1n) is 5.52. The van der Waals surface area contributed by atoms with E-state index in [1.807, 2.05) is 0 Å². The fourth-order valence-corrected chi connectivity index (χ4v) is 1.44. The first kappa shape index (κ1) is 15.9. The molecule has 0 fully saturated rings. The van der Waals surface area contributed by atoms with Gasteiger partial charge in [0.2, 0.25) is 0 Å². The van der Waals surface area contributed by atoms with E-state index in [-0.39, 0.29) is 11.9 Å². The van der Waals surface area contributed by atoms with E-state index in [2.05, 4.69) is 0 Å². The van der Waals surface area contributed by atoms with E-state index < -0.39 is 22.9 Å². The summed E-state index contributed by atoms with van der Waals surface area (Å²) in [6.45, 7) is 6.14. The van der Waals surface area contributed by atoms with Crippen LogP contribution in [0.25, 0.3) is 0 Å². The smallest absolute Gasteiger partial charge is 0.164 e. The van der Waals surface area contributed by atoms with Gasteiger partial charge in [-0.05, 0) is 25.2 Å². The van der Waals surface area contributed by atoms with Crippen molar-refractivity contribution < 1.29 is 17.6 Å². The van der Waals surface area contributed by atoms with Crippen molar-refractivity contribution in [3.8, 4) is 0 Å². The number of allylic oxidation sites excluding steroid dienone is 5. The topological polar surface area (TPSA) is 0 Å². The monoisotopic (exact) mass is 250 g/mol. The minimum Gasteiger partial charge on any atom is -0.215 e. The molecule has 0 aromatic heterocycles. The molecule has 0 aromatic carbocycles. The Balaban J connectivity index is 5.52. The molecule has 0 bridgehead atoms. The lowest BCUT2D eigenvalue weighted by atomic mass is 9.77. The van der Waals surface area contributed by atoms with Crippen LogP contribution in [-0.2, 0) is 0 Å². The van der Waals surface area contributed by atoms with E-state index in [1.54, 1.807) is 20.8 Å². The summed E-state index contributed by atoms with van der Waals surface area (Å²) >= 11 is 0. The van der Waals surface area contributed by atoms with Gasteiger partial charge in [0.1, 0.15) is 0 Å². The molecule has 0 aliphatic heterocycles. The fourth-order valence-electron chi connectivity index (χ4n) is 1.44. The van der Waals surface area contributed by atoms with Gasteiger partial charge in [-0.2, -0.15) is 0 Å². The highest BCUT2D eigenvalue weighted by Crippen LogP contribution is 2.40. The van der Waals surface area contributed by atoms with Gasteiger partial charge >= 0.3 is 0 Å². The second-order valence-corrected chi connectivity index (χ2v) is 4.18. The predicted molar refractivity (Wildman–Crippen MR) is 62.0 cm³/mol. The summed E-state index contributed by atoms with van der Waals surface area (Å²) < 4.78 is 52.1. The standard InChI is InChI=1S/C13H18F4/c1-5-13(4,6-2)10(8-14)12(17)11(16)7-9(3)15/h7-8H,5-6H2,1-4H3/b9-7+,10-8-,12-11-. The third kappa shape index (κ3) is 4.02. The molecule has 0 radical (unpaired) electrons. The molecule has 17 heavy (non-hydrogen) atoms. The average molecular weight is 250 g/mol. The summed E-state index contributed by atoms with van der Waals surface area (Å²) in [5.41, 5.74) is -1.16. The second kappa shape index (κ2) is 6.62. The van der Waals surface area contributed by atoms with Gasteiger partial charge in [0.15, 0.2) is 11.7 Å². The largest absolute Gasteiger partial charge is 0.215 e. The maximum absolute atomic E-state index is 13.7. The van der Waals surface area contributed by atoms with E-state index in [1.165, 1.54) is 0 Å². The SMILES string of the molecule is CCC(C)(CC)C(=C\F)/C(F)=C(F)\C=C(/C)F. The maximum atomic E-state index is 13.7. The highest BCUT2D eigenvalue weighted by Gasteiger charge is 2.30. The summed E-state index contributed by atoms with van der Waals surface area (Å²) in [6.07, 6.45) is 1.38.